The molecule has 1 aliphatic rings. The van der Waals surface area contributed by atoms with Crippen molar-refractivity contribution in [1.29, 1.82) is 0 Å². The van der Waals surface area contributed by atoms with Gasteiger partial charge in [-0.25, -0.2) is 4.39 Å². The number of halogens is 1. The molecule has 2 nitrogen and oxygen atoms in total. The van der Waals surface area contributed by atoms with Crippen LogP contribution >= 0.6 is 0 Å². The minimum Gasteiger partial charge on any atom is -0.391 e. The molecule has 3 heteroatoms. The topological polar surface area (TPSA) is 32.3 Å². The van der Waals surface area contributed by atoms with Gasteiger partial charge in [0.1, 0.15) is 5.82 Å². The van der Waals surface area contributed by atoms with E-state index in [0.29, 0.717) is 12.0 Å². The molecule has 2 unspecified atom stereocenters. The summed E-state index contributed by atoms with van der Waals surface area (Å²) in [5, 5.41) is 12.4. The Hall–Kier alpha value is -1.09. The fourth-order valence-corrected chi connectivity index (χ4v) is 1.66. The Bertz CT molecular complexity index is 325. The molecule has 1 aliphatic heterocycles. The number of aliphatic hydroxyl groups excluding tert-OH is 1. The van der Waals surface area contributed by atoms with Crippen LogP contribution in [0.5, 0.6) is 0 Å². The number of aliphatic hydroxyl groups is 1. The lowest BCUT2D eigenvalue weighted by molar-refractivity contribution is 0.173. The average Bonchev–Trinajstić information content (AvgIpc) is 2.49. The zero-order valence-electron chi connectivity index (χ0n) is 7.42. The quantitative estimate of drug-likeness (QED) is 0.688. The summed E-state index contributed by atoms with van der Waals surface area (Å²) < 4.78 is 13.2. The lowest BCUT2D eigenvalue weighted by atomic mass is 10.1. The molecule has 0 aliphatic carbocycles. The van der Waals surface area contributed by atoms with Crippen LogP contribution in [0.2, 0.25) is 0 Å². The number of benzene rings is 1. The van der Waals surface area contributed by atoms with Gasteiger partial charge in [-0.2, -0.15) is 0 Å². The molecule has 0 radical (unpaired) electrons. The van der Waals surface area contributed by atoms with Crippen LogP contribution in [0.3, 0.4) is 0 Å². The molecule has 2 atom stereocenters. The minimum absolute atomic E-state index is 0.0492. The van der Waals surface area contributed by atoms with Gasteiger partial charge in [-0.15, -0.1) is 0 Å². The lowest BCUT2D eigenvalue weighted by Crippen LogP contribution is -2.28. The summed E-state index contributed by atoms with van der Waals surface area (Å²) in [6.45, 7) is 1.71. The first-order valence-electron chi connectivity index (χ1n) is 4.40. The molecule has 1 aromatic rings. The predicted octanol–water partition coefficient (Wildman–Crippen LogP) is 1.54. The Labute approximate surface area is 76.4 Å². The second-order valence-corrected chi connectivity index (χ2v) is 3.46. The fraction of sp³-hybridized carbons (Fsp3) is 0.400. The van der Waals surface area contributed by atoms with E-state index in [0.717, 1.165) is 5.69 Å². The number of hydrogen-bond acceptors (Lipinski definition) is 2. The third-order valence-corrected chi connectivity index (χ3v) is 2.47. The van der Waals surface area contributed by atoms with Crippen LogP contribution in [0.1, 0.15) is 12.5 Å². The summed E-state index contributed by atoms with van der Waals surface area (Å²) >= 11 is 0. The maximum Gasteiger partial charge on any atom is 0.128 e. The SMILES string of the molecule is CC(O)C1Cc2c(F)cccc2N1. The maximum atomic E-state index is 13.2. The zero-order chi connectivity index (χ0) is 9.42. The van der Waals surface area contributed by atoms with Crippen LogP contribution in [0.15, 0.2) is 18.2 Å². The zero-order valence-corrected chi connectivity index (χ0v) is 7.42. The number of anilines is 1. The van der Waals surface area contributed by atoms with Gasteiger partial charge in [0.05, 0.1) is 12.1 Å². The summed E-state index contributed by atoms with van der Waals surface area (Å²) in [6, 6.07) is 4.91. The van der Waals surface area contributed by atoms with Gasteiger partial charge in [0.25, 0.3) is 0 Å². The van der Waals surface area contributed by atoms with Gasteiger partial charge < -0.3 is 10.4 Å². The molecule has 0 bridgehead atoms. The molecule has 70 valence electrons. The van der Waals surface area contributed by atoms with Crippen molar-refractivity contribution in [3.05, 3.63) is 29.6 Å². The van der Waals surface area contributed by atoms with Crippen molar-refractivity contribution >= 4 is 5.69 Å². The third-order valence-electron chi connectivity index (χ3n) is 2.47. The summed E-state index contributed by atoms with van der Waals surface area (Å²) in [5.41, 5.74) is 1.50. The van der Waals surface area contributed by atoms with E-state index in [-0.39, 0.29) is 11.9 Å². The second-order valence-electron chi connectivity index (χ2n) is 3.46. The van der Waals surface area contributed by atoms with Crippen LogP contribution in [-0.2, 0) is 6.42 Å². The number of nitrogens with one attached hydrogen (secondary N) is 1. The fourth-order valence-electron chi connectivity index (χ4n) is 1.66. The van der Waals surface area contributed by atoms with Crippen LogP contribution in [0.25, 0.3) is 0 Å². The molecule has 0 saturated carbocycles. The second kappa shape index (κ2) is 3.00. The highest BCUT2D eigenvalue weighted by Gasteiger charge is 2.26. The molecule has 2 N–H and O–H groups in total. The van der Waals surface area contributed by atoms with E-state index < -0.39 is 6.10 Å². The van der Waals surface area contributed by atoms with Crippen molar-refractivity contribution in [2.75, 3.05) is 5.32 Å². The highest BCUT2D eigenvalue weighted by molar-refractivity contribution is 5.57. The maximum absolute atomic E-state index is 13.2. The van der Waals surface area contributed by atoms with Gasteiger partial charge in [0, 0.05) is 11.3 Å². The molecule has 0 spiro atoms. The molecule has 2 rings (SSSR count). The van der Waals surface area contributed by atoms with Gasteiger partial charge in [0.2, 0.25) is 0 Å². The Morgan fingerprint density at radius 2 is 2.38 bits per heavy atom. The first-order chi connectivity index (χ1) is 6.18. The molecule has 0 aromatic heterocycles. The lowest BCUT2D eigenvalue weighted by Gasteiger charge is -2.13. The number of hydrogen-bond donors (Lipinski definition) is 2. The van der Waals surface area contributed by atoms with Gasteiger partial charge in [0.15, 0.2) is 0 Å². The van der Waals surface area contributed by atoms with Crippen molar-refractivity contribution in [3.8, 4) is 0 Å². The molecule has 1 aromatic carbocycles. The van der Waals surface area contributed by atoms with Crippen molar-refractivity contribution < 1.29 is 9.50 Å². The number of fused-ring (bicyclic) bond motifs is 1. The van der Waals surface area contributed by atoms with Gasteiger partial charge in [-0.3, -0.25) is 0 Å². The third kappa shape index (κ3) is 1.40. The monoisotopic (exact) mass is 181 g/mol. The van der Waals surface area contributed by atoms with E-state index in [2.05, 4.69) is 5.32 Å². The van der Waals surface area contributed by atoms with Crippen molar-refractivity contribution in [2.24, 2.45) is 0 Å². The van der Waals surface area contributed by atoms with E-state index in [4.69, 9.17) is 0 Å². The minimum atomic E-state index is -0.452. The summed E-state index contributed by atoms with van der Waals surface area (Å²) in [6.07, 6.45) is 0.117. The van der Waals surface area contributed by atoms with Crippen molar-refractivity contribution in [3.63, 3.8) is 0 Å². The molecule has 0 fully saturated rings. The average molecular weight is 181 g/mol. The number of rotatable bonds is 1. The smallest absolute Gasteiger partial charge is 0.128 e. The van der Waals surface area contributed by atoms with E-state index in [1.165, 1.54) is 6.07 Å². The van der Waals surface area contributed by atoms with E-state index in [9.17, 15) is 9.50 Å². The summed E-state index contributed by atoms with van der Waals surface area (Å²) in [7, 11) is 0. The standard InChI is InChI=1S/C10H12FNO/c1-6(13)10-5-7-8(11)3-2-4-9(7)12-10/h2-4,6,10,12-13H,5H2,1H3. The van der Waals surface area contributed by atoms with Crippen molar-refractivity contribution in [1.82, 2.24) is 0 Å². The Kier molecular flexibility index (Phi) is 1.96. The van der Waals surface area contributed by atoms with Gasteiger partial charge in [-0.1, -0.05) is 6.07 Å². The summed E-state index contributed by atoms with van der Waals surface area (Å²) in [5.74, 6) is -0.187. The Morgan fingerprint density at radius 1 is 1.62 bits per heavy atom. The highest BCUT2D eigenvalue weighted by Crippen LogP contribution is 2.28. The van der Waals surface area contributed by atoms with E-state index in [1.54, 1.807) is 13.0 Å². The summed E-state index contributed by atoms with van der Waals surface area (Å²) in [4.78, 5) is 0. The van der Waals surface area contributed by atoms with Crippen LogP contribution in [0, 0.1) is 5.82 Å². The normalized spacial score (nSPS) is 22.2. The molecular formula is C10H12FNO. The Balaban J connectivity index is 2.30. The predicted molar refractivity (Wildman–Crippen MR) is 49.2 cm³/mol. The molecule has 1 heterocycles. The molecule has 13 heavy (non-hydrogen) atoms. The molecular weight excluding hydrogens is 169 g/mol. The molecule has 0 amide bonds. The highest BCUT2D eigenvalue weighted by atomic mass is 19.1. The van der Waals surface area contributed by atoms with Crippen LogP contribution in [0.4, 0.5) is 10.1 Å². The van der Waals surface area contributed by atoms with Crippen molar-refractivity contribution in [2.45, 2.75) is 25.5 Å². The van der Waals surface area contributed by atoms with Crippen LogP contribution in [-0.4, -0.2) is 17.3 Å². The van der Waals surface area contributed by atoms with E-state index in [1.807, 2.05) is 6.07 Å². The first-order valence-corrected chi connectivity index (χ1v) is 4.40. The molecule has 0 saturated heterocycles. The van der Waals surface area contributed by atoms with Gasteiger partial charge in [-0.05, 0) is 25.5 Å². The van der Waals surface area contributed by atoms with E-state index >= 15 is 0 Å². The van der Waals surface area contributed by atoms with Crippen LogP contribution < -0.4 is 5.32 Å². The van der Waals surface area contributed by atoms with Gasteiger partial charge >= 0.3 is 0 Å². The first kappa shape index (κ1) is 8.51. The Morgan fingerprint density at radius 3 is 3.00 bits per heavy atom. The largest absolute Gasteiger partial charge is 0.391 e.